The van der Waals surface area contributed by atoms with Gasteiger partial charge in [-0.1, -0.05) is 6.07 Å². The molecule has 0 atom stereocenters. The smallest absolute Gasteiger partial charge is 0.254 e. The predicted octanol–water partition coefficient (Wildman–Crippen LogP) is 1.26. The van der Waals surface area contributed by atoms with Crippen molar-refractivity contribution in [1.82, 2.24) is 14.9 Å². The zero-order valence-electron chi connectivity index (χ0n) is 14.2. The van der Waals surface area contributed by atoms with Crippen LogP contribution in [-0.2, 0) is 10.0 Å². The fourth-order valence-electron chi connectivity index (χ4n) is 3.03. The van der Waals surface area contributed by atoms with Crippen LogP contribution in [0.2, 0.25) is 0 Å². The molecule has 1 amide bonds. The molecule has 0 unspecified atom stereocenters. The van der Waals surface area contributed by atoms with Gasteiger partial charge < -0.3 is 10.2 Å². The highest BCUT2D eigenvalue weighted by Gasteiger charge is 2.29. The first-order valence-corrected chi connectivity index (χ1v) is 9.98. The van der Waals surface area contributed by atoms with Crippen LogP contribution in [0, 0.1) is 6.92 Å². The largest absolute Gasteiger partial charge is 0.339 e. The quantitative estimate of drug-likeness (QED) is 0.837. The first kappa shape index (κ1) is 17.4. The summed E-state index contributed by atoms with van der Waals surface area (Å²) in [5.41, 5.74) is 1.29. The van der Waals surface area contributed by atoms with Gasteiger partial charge >= 0.3 is 0 Å². The molecule has 6 nitrogen and oxygen atoms in total. The second kappa shape index (κ2) is 6.82. The summed E-state index contributed by atoms with van der Waals surface area (Å²) >= 11 is 0. The van der Waals surface area contributed by atoms with Gasteiger partial charge in [0, 0.05) is 30.7 Å². The Morgan fingerprint density at radius 3 is 2.38 bits per heavy atom. The molecule has 1 heterocycles. The van der Waals surface area contributed by atoms with Gasteiger partial charge in [0.05, 0.1) is 4.90 Å². The van der Waals surface area contributed by atoms with Crippen LogP contribution in [0.15, 0.2) is 23.1 Å². The minimum absolute atomic E-state index is 0.0519. The lowest BCUT2D eigenvalue weighted by Gasteiger charge is -2.32. The lowest BCUT2D eigenvalue weighted by atomic mass is 10.0. The number of hydrogen-bond acceptors (Lipinski definition) is 4. The van der Waals surface area contributed by atoms with E-state index in [1.165, 1.54) is 6.07 Å². The van der Waals surface area contributed by atoms with E-state index in [1.54, 1.807) is 12.1 Å². The summed E-state index contributed by atoms with van der Waals surface area (Å²) in [7, 11) is -1.61. The number of nitrogens with one attached hydrogen (secondary N) is 2. The number of amides is 1. The maximum atomic E-state index is 12.8. The van der Waals surface area contributed by atoms with Crippen molar-refractivity contribution in [2.45, 2.75) is 49.6 Å². The second-order valence-corrected chi connectivity index (χ2v) is 8.44. The number of aryl methyl sites for hydroxylation is 1. The van der Waals surface area contributed by atoms with Crippen molar-refractivity contribution in [2.75, 3.05) is 20.1 Å². The van der Waals surface area contributed by atoms with E-state index in [2.05, 4.69) is 10.0 Å². The summed E-state index contributed by atoms with van der Waals surface area (Å²) in [5, 5.41) is 3.24. The molecule has 1 aliphatic carbocycles. The van der Waals surface area contributed by atoms with E-state index in [4.69, 9.17) is 0 Å². The fraction of sp³-hybridized carbons (Fsp3) is 0.588. The molecule has 3 rings (SSSR count). The number of likely N-dealkylation sites (tertiary alicyclic amines) is 1. The maximum Gasteiger partial charge on any atom is 0.254 e. The predicted molar refractivity (Wildman–Crippen MR) is 92.5 cm³/mol. The number of nitrogens with zero attached hydrogens (tertiary/aromatic N) is 1. The molecule has 1 aromatic carbocycles. The van der Waals surface area contributed by atoms with Gasteiger partial charge in [-0.3, -0.25) is 4.79 Å². The summed E-state index contributed by atoms with van der Waals surface area (Å²) in [5.74, 6) is -0.0782. The average molecular weight is 351 g/mol. The first-order chi connectivity index (χ1) is 11.4. The highest BCUT2D eigenvalue weighted by atomic mass is 32.2. The first-order valence-electron chi connectivity index (χ1n) is 8.50. The Bertz CT molecular complexity index is 721. The monoisotopic (exact) mass is 351 g/mol. The van der Waals surface area contributed by atoms with E-state index in [1.807, 2.05) is 18.9 Å². The fourth-order valence-corrected chi connectivity index (χ4v) is 4.36. The maximum absolute atomic E-state index is 12.8. The molecule has 1 saturated carbocycles. The average Bonchev–Trinajstić information content (AvgIpc) is 3.38. The van der Waals surface area contributed by atoms with E-state index < -0.39 is 10.0 Å². The van der Waals surface area contributed by atoms with Gasteiger partial charge in [0.1, 0.15) is 0 Å². The van der Waals surface area contributed by atoms with Crippen LogP contribution in [0.4, 0.5) is 0 Å². The minimum atomic E-state index is -3.54. The van der Waals surface area contributed by atoms with Crippen molar-refractivity contribution in [2.24, 2.45) is 0 Å². The Morgan fingerprint density at radius 2 is 1.79 bits per heavy atom. The zero-order valence-corrected chi connectivity index (χ0v) is 15.0. The molecular formula is C17H25N3O3S. The Labute approximate surface area is 143 Å². The molecule has 2 aliphatic rings. The molecule has 2 fully saturated rings. The number of piperidine rings is 1. The summed E-state index contributed by atoms with van der Waals surface area (Å²) < 4.78 is 27.4. The summed E-state index contributed by atoms with van der Waals surface area (Å²) in [6.07, 6.45) is 3.61. The van der Waals surface area contributed by atoms with Crippen LogP contribution in [-0.4, -0.2) is 51.4 Å². The molecule has 1 saturated heterocycles. The van der Waals surface area contributed by atoms with Crippen molar-refractivity contribution >= 4 is 15.9 Å². The van der Waals surface area contributed by atoms with Gasteiger partial charge in [-0.05, 0) is 57.4 Å². The van der Waals surface area contributed by atoms with Gasteiger partial charge in [-0.2, -0.15) is 0 Å². The number of carbonyl (C=O) groups excluding carboxylic acids is 1. The highest BCUT2D eigenvalue weighted by molar-refractivity contribution is 7.89. The molecule has 2 N–H and O–H groups in total. The van der Waals surface area contributed by atoms with Crippen LogP contribution in [0.25, 0.3) is 0 Å². The minimum Gasteiger partial charge on any atom is -0.339 e. The van der Waals surface area contributed by atoms with Crippen LogP contribution in [0.1, 0.15) is 41.6 Å². The normalized spacial score (nSPS) is 19.5. The molecule has 0 bridgehead atoms. The molecular weight excluding hydrogens is 326 g/mol. The molecule has 1 aliphatic heterocycles. The van der Waals surface area contributed by atoms with Crippen molar-refractivity contribution in [3.63, 3.8) is 0 Å². The lowest BCUT2D eigenvalue weighted by Crippen LogP contribution is -2.44. The van der Waals surface area contributed by atoms with Gasteiger partial charge in [0.25, 0.3) is 5.91 Å². The topological polar surface area (TPSA) is 78.5 Å². The SMILES string of the molecule is CNC1CCN(C(=O)c2cc(S(=O)(=O)NC3CC3)ccc2C)CC1. The Hall–Kier alpha value is -1.44. The number of benzene rings is 1. The summed E-state index contributed by atoms with van der Waals surface area (Å²) in [6.45, 7) is 3.24. The third kappa shape index (κ3) is 3.79. The Kier molecular flexibility index (Phi) is 4.94. The lowest BCUT2D eigenvalue weighted by molar-refractivity contribution is 0.0706. The molecule has 0 aromatic heterocycles. The molecule has 0 spiro atoms. The summed E-state index contributed by atoms with van der Waals surface area (Å²) in [4.78, 5) is 14.8. The van der Waals surface area contributed by atoms with Crippen LogP contribution in [0.5, 0.6) is 0 Å². The van der Waals surface area contributed by atoms with E-state index in [-0.39, 0.29) is 16.8 Å². The van der Waals surface area contributed by atoms with Crippen molar-refractivity contribution < 1.29 is 13.2 Å². The van der Waals surface area contributed by atoms with Gasteiger partial charge in [0.2, 0.25) is 10.0 Å². The number of sulfonamides is 1. The number of hydrogen-bond donors (Lipinski definition) is 2. The molecule has 0 radical (unpaired) electrons. The van der Waals surface area contributed by atoms with E-state index >= 15 is 0 Å². The van der Waals surface area contributed by atoms with Crippen molar-refractivity contribution in [3.8, 4) is 0 Å². The van der Waals surface area contributed by atoms with Crippen molar-refractivity contribution in [3.05, 3.63) is 29.3 Å². The Morgan fingerprint density at radius 1 is 1.12 bits per heavy atom. The van der Waals surface area contributed by atoms with Crippen LogP contribution in [0.3, 0.4) is 0 Å². The van der Waals surface area contributed by atoms with Gasteiger partial charge in [-0.25, -0.2) is 13.1 Å². The van der Waals surface area contributed by atoms with E-state index in [9.17, 15) is 13.2 Å². The number of carbonyl (C=O) groups is 1. The second-order valence-electron chi connectivity index (χ2n) is 6.73. The zero-order chi connectivity index (χ0) is 17.3. The summed E-state index contributed by atoms with van der Waals surface area (Å²) in [6, 6.07) is 5.31. The van der Waals surface area contributed by atoms with Crippen LogP contribution >= 0.6 is 0 Å². The standard InChI is InChI=1S/C17H25N3O3S/c1-12-3-6-15(24(22,23)19-14-4-5-14)11-16(12)17(21)20-9-7-13(18-2)8-10-20/h3,6,11,13-14,18-19H,4-5,7-10H2,1-2H3. The molecule has 132 valence electrons. The van der Waals surface area contributed by atoms with Crippen LogP contribution < -0.4 is 10.0 Å². The van der Waals surface area contributed by atoms with Gasteiger partial charge in [-0.15, -0.1) is 0 Å². The van der Waals surface area contributed by atoms with E-state index in [0.29, 0.717) is 24.7 Å². The van der Waals surface area contributed by atoms with Gasteiger partial charge in [0.15, 0.2) is 0 Å². The number of rotatable bonds is 5. The third-order valence-electron chi connectivity index (χ3n) is 4.84. The highest BCUT2D eigenvalue weighted by Crippen LogP contribution is 2.24. The molecule has 24 heavy (non-hydrogen) atoms. The van der Waals surface area contributed by atoms with E-state index in [0.717, 1.165) is 31.2 Å². The Balaban J connectivity index is 1.79. The molecule has 1 aromatic rings. The third-order valence-corrected chi connectivity index (χ3v) is 6.36. The van der Waals surface area contributed by atoms with Crippen molar-refractivity contribution in [1.29, 1.82) is 0 Å². The molecule has 7 heteroatoms.